The van der Waals surface area contributed by atoms with Crippen LogP contribution in [0.25, 0.3) is 0 Å². The van der Waals surface area contributed by atoms with Crippen LogP contribution in [-0.4, -0.2) is 9.77 Å². The Hall–Kier alpha value is -0.860. The van der Waals surface area contributed by atoms with Gasteiger partial charge in [-0.2, -0.15) is 4.79 Å². The molecule has 32 valence electrons. The van der Waals surface area contributed by atoms with Crippen molar-refractivity contribution in [1.29, 1.82) is 0 Å². The topological polar surface area (TPSA) is 17.8 Å². The lowest BCUT2D eigenvalue weighted by Gasteiger charge is -1.69. The summed E-state index contributed by atoms with van der Waals surface area (Å²) in [5.41, 5.74) is 0. The molecule has 1 heterocycles. The summed E-state index contributed by atoms with van der Waals surface area (Å²) in [5.74, 6) is 0. The van der Waals surface area contributed by atoms with Gasteiger partial charge < -0.3 is 0 Å². The van der Waals surface area contributed by atoms with Gasteiger partial charge in [-0.25, -0.2) is 4.98 Å². The normalized spacial score (nSPS) is 8.83. The Morgan fingerprint density at radius 1 is 1.67 bits per heavy atom. The van der Waals surface area contributed by atoms with Gasteiger partial charge in [0, 0.05) is 6.20 Å². The summed E-state index contributed by atoms with van der Waals surface area (Å²) in [6.07, 6.45) is 3.68. The van der Waals surface area contributed by atoms with E-state index in [1.165, 1.54) is 12.4 Å². The van der Waals surface area contributed by atoms with Gasteiger partial charge in [0.05, 0.1) is 6.20 Å². The van der Waals surface area contributed by atoms with Crippen LogP contribution in [0.3, 0.4) is 0 Å². The molecule has 0 aromatic carbocycles. The molecule has 0 saturated heterocycles. The molecule has 6 heavy (non-hydrogen) atoms. The Bertz CT molecular complexity index is 112. The molecule has 0 aliphatic heterocycles. The van der Waals surface area contributed by atoms with Gasteiger partial charge in [0.1, 0.15) is 6.33 Å². The van der Waals surface area contributed by atoms with E-state index in [2.05, 4.69) is 4.98 Å². The van der Waals surface area contributed by atoms with E-state index in [1.807, 2.05) is 0 Å². The van der Waals surface area contributed by atoms with Crippen molar-refractivity contribution in [2.75, 3.05) is 0 Å². The molecule has 0 saturated carbocycles. The van der Waals surface area contributed by atoms with E-state index < -0.39 is 0 Å². The zero-order valence-electron chi connectivity index (χ0n) is 3.00. The van der Waals surface area contributed by atoms with E-state index in [0.29, 0.717) is 4.79 Å². The highest BCUT2D eigenvalue weighted by Gasteiger charge is 1.74. The summed E-state index contributed by atoms with van der Waals surface area (Å²) in [5, 5.41) is 0. The molecule has 0 unspecified atom stereocenters. The van der Waals surface area contributed by atoms with Gasteiger partial charge in [-0.3, -0.25) is 0 Å². The minimum absolute atomic E-state index is 0.389. The van der Waals surface area contributed by atoms with Crippen molar-refractivity contribution >= 4 is 0 Å². The van der Waals surface area contributed by atoms with Crippen molar-refractivity contribution in [3.05, 3.63) is 18.7 Å². The van der Waals surface area contributed by atoms with Crippen molar-refractivity contribution in [1.82, 2.24) is 9.77 Å². The van der Waals surface area contributed by atoms with E-state index in [4.69, 9.17) is 0 Å². The first-order valence-corrected chi connectivity index (χ1v) is 1.54. The molecule has 0 aliphatic rings. The molecular weight excluding hydrogens is 83.0 g/mol. The summed E-state index contributed by atoms with van der Waals surface area (Å²) in [4.78, 5) is 3.80. The number of hydrogen-bond donors (Lipinski definition) is 0. The van der Waals surface area contributed by atoms with Crippen LogP contribution in [0.5, 0.6) is 0 Å². The van der Waals surface area contributed by atoms with E-state index >= 15 is 0 Å². The zero-order chi connectivity index (χ0) is 4.41. The van der Waals surface area contributed by atoms with Crippen molar-refractivity contribution < 1.29 is 4.48 Å². The summed E-state index contributed by atoms with van der Waals surface area (Å²) in [6, 6.07) is 0. The summed E-state index contributed by atoms with van der Waals surface area (Å²) >= 11 is 0. The first-order chi connectivity index (χ1) is 2.89. The lowest BCUT2D eigenvalue weighted by atomic mass is 11.0. The standard InChI is InChI=1S/C3H3FN2/c4-6-2-1-5-3-6/h1-3H. The second-order valence-electron chi connectivity index (χ2n) is 0.907. The quantitative estimate of drug-likeness (QED) is 0.452. The molecule has 1 aromatic rings. The summed E-state index contributed by atoms with van der Waals surface area (Å²) in [7, 11) is 0. The van der Waals surface area contributed by atoms with Crippen LogP contribution in [0.1, 0.15) is 0 Å². The molecule has 2 nitrogen and oxygen atoms in total. The molecule has 0 spiro atoms. The predicted molar refractivity (Wildman–Crippen MR) is 18.7 cm³/mol. The molecule has 0 bridgehead atoms. The highest BCUT2D eigenvalue weighted by Crippen LogP contribution is 1.78. The van der Waals surface area contributed by atoms with Crippen molar-refractivity contribution in [3.63, 3.8) is 0 Å². The number of halogens is 1. The summed E-state index contributed by atoms with van der Waals surface area (Å²) in [6.45, 7) is 0. The zero-order valence-corrected chi connectivity index (χ0v) is 3.00. The van der Waals surface area contributed by atoms with Gasteiger partial charge in [-0.05, 0) is 0 Å². The molecule has 0 fully saturated rings. The third-order valence-electron chi connectivity index (χ3n) is 0.472. The Labute approximate surface area is 34.2 Å². The number of rotatable bonds is 0. The van der Waals surface area contributed by atoms with Gasteiger partial charge in [-0.15, -0.1) is 0 Å². The van der Waals surface area contributed by atoms with Crippen LogP contribution < -0.4 is 0 Å². The maximum absolute atomic E-state index is 11.5. The van der Waals surface area contributed by atoms with E-state index in [0.717, 1.165) is 6.33 Å². The Balaban J connectivity index is 3.05. The number of aromatic nitrogens is 2. The third-order valence-corrected chi connectivity index (χ3v) is 0.472. The Morgan fingerprint density at radius 3 is 2.67 bits per heavy atom. The molecule has 0 aliphatic carbocycles. The lowest BCUT2D eigenvalue weighted by molar-refractivity contribution is 0.368. The maximum atomic E-state index is 11.5. The highest BCUT2D eigenvalue weighted by molar-refractivity contribution is 4.68. The van der Waals surface area contributed by atoms with Crippen LogP contribution in [0.4, 0.5) is 4.48 Å². The molecule has 0 N–H and O–H groups in total. The second-order valence-corrected chi connectivity index (χ2v) is 0.907. The van der Waals surface area contributed by atoms with Gasteiger partial charge in [0.25, 0.3) is 0 Å². The fourth-order valence-corrected chi connectivity index (χ4v) is 0.243. The van der Waals surface area contributed by atoms with Gasteiger partial charge in [-0.1, -0.05) is 4.48 Å². The lowest BCUT2D eigenvalue weighted by Crippen LogP contribution is -1.67. The Kier molecular flexibility index (Phi) is 0.602. The van der Waals surface area contributed by atoms with Crippen molar-refractivity contribution in [2.24, 2.45) is 0 Å². The van der Waals surface area contributed by atoms with Gasteiger partial charge in [0.15, 0.2) is 0 Å². The van der Waals surface area contributed by atoms with E-state index in [1.54, 1.807) is 0 Å². The predicted octanol–water partition coefficient (Wildman–Crippen LogP) is 0.616. The second kappa shape index (κ2) is 1.08. The average Bonchev–Trinajstić information content (AvgIpc) is 1.86. The van der Waals surface area contributed by atoms with Gasteiger partial charge in [0.2, 0.25) is 0 Å². The molecular formula is C3H3FN2. The maximum Gasteiger partial charge on any atom is 0.126 e. The van der Waals surface area contributed by atoms with Crippen LogP contribution >= 0.6 is 0 Å². The van der Waals surface area contributed by atoms with Crippen LogP contribution in [0.2, 0.25) is 0 Å². The monoisotopic (exact) mass is 86.0 g/mol. The molecule has 0 radical (unpaired) electrons. The molecule has 0 atom stereocenters. The van der Waals surface area contributed by atoms with Crippen LogP contribution in [0, 0.1) is 0 Å². The van der Waals surface area contributed by atoms with Crippen LogP contribution in [0.15, 0.2) is 18.7 Å². The molecule has 0 amide bonds. The highest BCUT2D eigenvalue weighted by atomic mass is 19.2. The summed E-state index contributed by atoms with van der Waals surface area (Å²) < 4.78 is 11.5. The molecule has 1 rings (SSSR count). The Morgan fingerprint density at radius 2 is 2.50 bits per heavy atom. The van der Waals surface area contributed by atoms with Crippen molar-refractivity contribution in [3.8, 4) is 0 Å². The largest absolute Gasteiger partial charge is 0.242 e. The fourth-order valence-electron chi connectivity index (χ4n) is 0.243. The minimum atomic E-state index is 0.389. The molecule has 1 aromatic heterocycles. The average molecular weight is 86.1 g/mol. The smallest absolute Gasteiger partial charge is 0.126 e. The van der Waals surface area contributed by atoms with Crippen molar-refractivity contribution in [2.45, 2.75) is 0 Å². The minimum Gasteiger partial charge on any atom is -0.242 e. The van der Waals surface area contributed by atoms with E-state index in [-0.39, 0.29) is 0 Å². The SMILES string of the molecule is Fn1ccnc1. The number of hydrogen-bond acceptors (Lipinski definition) is 1. The van der Waals surface area contributed by atoms with Gasteiger partial charge >= 0.3 is 0 Å². The number of nitrogens with zero attached hydrogens (tertiary/aromatic N) is 2. The third kappa shape index (κ3) is 0.381. The fraction of sp³-hybridized carbons (Fsp3) is 0. The first-order valence-electron chi connectivity index (χ1n) is 1.54. The number of imidazole rings is 1. The van der Waals surface area contributed by atoms with Crippen LogP contribution in [-0.2, 0) is 0 Å². The molecule has 3 heteroatoms. The van der Waals surface area contributed by atoms with E-state index in [9.17, 15) is 4.48 Å². The first kappa shape index (κ1) is 3.33.